The number of aromatic nitrogens is 9. The first-order chi connectivity index (χ1) is 68.8. The van der Waals surface area contributed by atoms with Gasteiger partial charge in [-0.2, -0.15) is 80.4 Å². The molecule has 69 heteroatoms. The molecule has 0 radical (unpaired) electrons. The predicted octanol–water partition coefficient (Wildman–Crippen LogP) is 4.70. The van der Waals surface area contributed by atoms with Crippen LogP contribution in [0.1, 0.15) is 17.5 Å². The molecular weight excluding hydrogens is 2260 g/mol. The maximum Gasteiger partial charge on any atom is 1.00 e. The van der Waals surface area contributed by atoms with Gasteiger partial charge >= 0.3 is 88.7 Å². The van der Waals surface area contributed by atoms with Gasteiger partial charge in [-0.05, 0) is 233 Å². The second-order valence-electron chi connectivity index (χ2n) is 29.4. The molecule has 0 spiro atoms. The molecule has 768 valence electrons. The summed E-state index contributed by atoms with van der Waals surface area (Å²) in [6.45, 7) is -0.146. The molecule has 12 aromatic carbocycles. The first-order valence-corrected chi connectivity index (χ1v) is 53.7. The minimum Gasteiger partial charge on any atom is -0.744 e. The van der Waals surface area contributed by atoms with E-state index in [1.54, 1.807) is 0 Å². The van der Waals surface area contributed by atoms with Gasteiger partial charge in [0, 0.05) is 68.5 Å². The SMILES string of the molecule is COc1ccc(N=Nc2c(S(=O)(=O)[O-])cc3cc(NCc4nc(Cl)nc(Nc5ccc(S(=O)(=O)O)cc5)n4)ccc3c2O)c(S(=O)(=O)O)c1.COc1ccc(N=Nc2c(S(=O)(=O)[O-])cc3cc(NCc4nc(Cl)nc(Nc5ccc(S(=O)(=O)O)cc5)n4)ccc3c2O)c(S(=O)(=O)O)c1.COc1ccc(N=Nc2c(S(=O)(=O)[O-])cc3cc(NCc4nc(Cl)nc(Nc5ccc(S(=O)(=O)O)cc5)n4)ccc3c2O)c(S(=O)(=O)O)c1.[Na+].[Na+].[Na+]. The minimum atomic E-state index is -5.28. The average molecular weight is 2320 g/mol. The molecule has 15 aromatic rings. The van der Waals surface area contributed by atoms with Crippen LogP contribution in [0.3, 0.4) is 0 Å². The van der Waals surface area contributed by atoms with E-state index < -0.39 is 172 Å². The minimum absolute atomic E-state index is 0. The topological polar surface area (TPSA) is 849 Å². The number of phenols is 3. The third-order valence-electron chi connectivity index (χ3n) is 19.6. The molecule has 54 nitrogen and oxygen atoms in total. The Kier molecular flexibility index (Phi) is 38.9. The Labute approximate surface area is 929 Å². The second kappa shape index (κ2) is 48.7. The van der Waals surface area contributed by atoms with E-state index in [9.17, 15) is 118 Å². The summed E-state index contributed by atoms with van der Waals surface area (Å²) >= 11 is 18.1. The summed E-state index contributed by atoms with van der Waals surface area (Å²) in [6.07, 6.45) is 0. The van der Waals surface area contributed by atoms with Gasteiger partial charge in [0.2, 0.25) is 33.7 Å². The van der Waals surface area contributed by atoms with E-state index in [4.69, 9.17) is 62.7 Å². The number of benzene rings is 12. The van der Waals surface area contributed by atoms with Crippen molar-refractivity contribution in [3.63, 3.8) is 0 Å². The molecule has 0 atom stereocenters. The van der Waals surface area contributed by atoms with Crippen molar-refractivity contribution < 1.29 is 235 Å². The van der Waals surface area contributed by atoms with Crippen molar-refractivity contribution in [1.82, 2.24) is 44.9 Å². The van der Waals surface area contributed by atoms with Crippen LogP contribution in [0, 0.1) is 0 Å². The number of halogens is 3. The molecule has 0 fully saturated rings. The number of hydrogen-bond acceptors (Lipinski definition) is 48. The van der Waals surface area contributed by atoms with E-state index >= 15 is 0 Å². The van der Waals surface area contributed by atoms with E-state index in [1.165, 1.54) is 131 Å². The predicted molar refractivity (Wildman–Crippen MR) is 517 cm³/mol. The van der Waals surface area contributed by atoms with Crippen molar-refractivity contribution >= 4 is 244 Å². The average Bonchev–Trinajstić information content (AvgIpc) is 0.766. The van der Waals surface area contributed by atoms with E-state index in [-0.39, 0.29) is 224 Å². The van der Waals surface area contributed by atoms with Crippen molar-refractivity contribution in [2.75, 3.05) is 53.2 Å². The fourth-order valence-corrected chi connectivity index (χ4v) is 18.8. The normalized spacial score (nSPS) is 12.1. The molecule has 15 rings (SSSR count). The Morgan fingerprint density at radius 3 is 0.713 bits per heavy atom. The van der Waals surface area contributed by atoms with Crippen LogP contribution in [0.25, 0.3) is 32.3 Å². The van der Waals surface area contributed by atoms with Gasteiger partial charge in [-0.1, -0.05) is 0 Å². The summed E-state index contributed by atoms with van der Waals surface area (Å²) in [6, 6.07) is 40.9. The molecule has 0 aliphatic carbocycles. The van der Waals surface area contributed by atoms with E-state index in [0.29, 0.717) is 34.1 Å². The number of phenolic OH excluding ortho intramolecular Hbond substituents is 3. The zero-order valence-corrected chi connectivity index (χ0v) is 92.1. The molecule has 0 bridgehead atoms. The number of hydrogen-bond donors (Lipinski definition) is 15. The molecule has 0 amide bonds. The molecule has 3 heterocycles. The van der Waals surface area contributed by atoms with Crippen LogP contribution in [0.15, 0.2) is 275 Å². The molecule has 0 unspecified atom stereocenters. The Hall–Kier alpha value is -12.1. The summed E-state index contributed by atoms with van der Waals surface area (Å²) in [5, 5.41) is 72.2. The van der Waals surface area contributed by atoms with Crippen LogP contribution >= 0.6 is 34.8 Å². The molecule has 0 aliphatic heterocycles. The van der Waals surface area contributed by atoms with Crippen molar-refractivity contribution in [3.05, 3.63) is 234 Å². The Bertz CT molecular complexity index is 8240. The molecule has 150 heavy (non-hydrogen) atoms. The molecular formula is C81H63Cl3N21Na3O33S9. The first kappa shape index (κ1) is 120. The molecule has 0 aliphatic rings. The zero-order chi connectivity index (χ0) is 107. The Balaban J connectivity index is 0.000000228. The van der Waals surface area contributed by atoms with E-state index in [1.807, 2.05) is 0 Å². The van der Waals surface area contributed by atoms with Gasteiger partial charge in [-0.3, -0.25) is 27.3 Å². The summed E-state index contributed by atoms with van der Waals surface area (Å²) < 4.78 is 320. The quantitative estimate of drug-likeness (QED) is 0.0151. The fourth-order valence-electron chi connectivity index (χ4n) is 12.9. The van der Waals surface area contributed by atoms with Gasteiger partial charge in [-0.25, -0.2) is 40.2 Å². The number of methoxy groups -OCH3 is 3. The smallest absolute Gasteiger partial charge is 0.744 e. The number of ether oxygens (including phenoxy) is 3. The number of azo groups is 3. The standard InChI is InChI=1S/3C27H22ClN7O11S3.3Na/c3*1-46-17-5-9-20(21(12-17)48(40,41)42)34-35-24-22(49(43,44)45)11-14-10-16(4-8-19(14)25(24)36)29-13-23-31-26(28)33-27(32-23)30-15-2-6-18(7-3-15)47(37,38)39;;;/h3*2-12,29,36H,13H2,1H3,(H,37,38,39)(H,40,41,42)(H,43,44,45)(H,30,31,32,33);;;/q;;;3*+1/p-3. The first-order valence-electron chi connectivity index (χ1n) is 39.7. The summed E-state index contributed by atoms with van der Waals surface area (Å²) in [7, 11) is -39.8. The van der Waals surface area contributed by atoms with Gasteiger partial charge in [0.1, 0.15) is 96.4 Å². The van der Waals surface area contributed by atoms with Crippen molar-refractivity contribution in [1.29, 1.82) is 0 Å². The summed E-state index contributed by atoms with van der Waals surface area (Å²) in [5.41, 5.74) is -1.45. The van der Waals surface area contributed by atoms with Crippen LogP contribution in [0.2, 0.25) is 15.9 Å². The molecule has 0 saturated heterocycles. The fraction of sp³-hybridized carbons (Fsp3) is 0.0741. The van der Waals surface area contributed by atoms with Crippen LogP contribution in [0.4, 0.5) is 86.1 Å². The number of nitrogens with zero attached hydrogens (tertiary/aromatic N) is 15. The number of fused-ring (bicyclic) bond motifs is 3. The number of nitrogens with one attached hydrogen (secondary N) is 6. The van der Waals surface area contributed by atoms with Crippen molar-refractivity contribution in [3.8, 4) is 34.5 Å². The maximum atomic E-state index is 12.2. The third kappa shape index (κ3) is 31.1. The molecule has 3 aromatic heterocycles. The summed E-state index contributed by atoms with van der Waals surface area (Å²) in [4.78, 5) is 30.7. The van der Waals surface area contributed by atoms with Crippen LogP contribution in [-0.4, -0.2) is 198 Å². The third-order valence-corrected chi connectivity index (χ3v) is 27.9. The number of anilines is 9. The number of rotatable bonds is 33. The van der Waals surface area contributed by atoms with Crippen LogP contribution in [-0.2, 0) is 111 Å². The van der Waals surface area contributed by atoms with Gasteiger partial charge < -0.3 is 75.1 Å². The van der Waals surface area contributed by atoms with Gasteiger partial charge in [-0.15, -0.1) is 30.7 Å². The summed E-state index contributed by atoms with van der Waals surface area (Å²) in [5.74, 6) is -1.68. The van der Waals surface area contributed by atoms with E-state index in [0.717, 1.165) is 91.0 Å². The second-order valence-corrected chi connectivity index (χ2v) is 42.9. The van der Waals surface area contributed by atoms with Gasteiger partial charge in [0.05, 0.1) is 70.3 Å². The zero-order valence-electron chi connectivity index (χ0n) is 76.5. The van der Waals surface area contributed by atoms with E-state index in [2.05, 4.69) is 107 Å². The molecule has 0 saturated carbocycles. The monoisotopic (exact) mass is 2320 g/mol. The van der Waals surface area contributed by atoms with Crippen LogP contribution in [0.5, 0.6) is 34.5 Å². The largest absolute Gasteiger partial charge is 1.00 e. The van der Waals surface area contributed by atoms with Gasteiger partial charge in [0.25, 0.3) is 60.7 Å². The maximum absolute atomic E-state index is 12.2. The van der Waals surface area contributed by atoms with Gasteiger partial charge in [0.15, 0.2) is 34.7 Å². The van der Waals surface area contributed by atoms with Crippen molar-refractivity contribution in [2.24, 2.45) is 30.7 Å². The Morgan fingerprint density at radius 2 is 0.507 bits per heavy atom. The number of aromatic hydroxyl groups is 3. The molecule has 15 N–H and O–H groups in total. The van der Waals surface area contributed by atoms with Crippen molar-refractivity contribution in [2.45, 2.75) is 63.7 Å². The van der Waals surface area contributed by atoms with Crippen LogP contribution < -0.4 is 135 Å². The Morgan fingerprint density at radius 1 is 0.280 bits per heavy atom.